The van der Waals surface area contributed by atoms with Crippen LogP contribution in [0.25, 0.3) is 5.65 Å². The number of rotatable bonds is 4. The molecule has 0 aliphatic carbocycles. The lowest BCUT2D eigenvalue weighted by Gasteiger charge is -2.22. The normalized spacial score (nSPS) is 12.5. The lowest BCUT2D eigenvalue weighted by Crippen LogP contribution is -2.24. The summed E-state index contributed by atoms with van der Waals surface area (Å²) in [6.07, 6.45) is 1.62. The van der Waals surface area contributed by atoms with Gasteiger partial charge in [0.05, 0.1) is 0 Å². The highest BCUT2D eigenvalue weighted by molar-refractivity contribution is 5.44. The molecule has 0 radical (unpaired) electrons. The van der Waals surface area contributed by atoms with Crippen LogP contribution in [-0.4, -0.2) is 33.4 Å². The second-order valence-electron chi connectivity index (χ2n) is 5.02. The Morgan fingerprint density at radius 3 is 2.75 bits per heavy atom. The molecular weight excluding hydrogens is 250 g/mol. The van der Waals surface area contributed by atoms with E-state index in [9.17, 15) is 0 Å². The Morgan fingerprint density at radius 1 is 1.15 bits per heavy atom. The topological polar surface area (TPSA) is 46.3 Å². The number of benzene rings is 1. The van der Waals surface area contributed by atoms with Crippen LogP contribution in [-0.2, 0) is 0 Å². The van der Waals surface area contributed by atoms with E-state index in [0.717, 1.165) is 18.0 Å². The molecule has 2 aromatic heterocycles. The molecule has 5 heteroatoms. The molecule has 0 N–H and O–H groups in total. The molecule has 5 nitrogen and oxygen atoms in total. The smallest absolute Gasteiger partial charge is 0.177 e. The second kappa shape index (κ2) is 5.28. The molecule has 0 aliphatic rings. The maximum absolute atomic E-state index is 4.50. The average Bonchev–Trinajstić information content (AvgIpc) is 2.95. The molecule has 0 amide bonds. The van der Waals surface area contributed by atoms with E-state index < -0.39 is 0 Å². The van der Waals surface area contributed by atoms with Crippen molar-refractivity contribution in [1.29, 1.82) is 0 Å². The fourth-order valence-corrected chi connectivity index (χ4v) is 2.31. The van der Waals surface area contributed by atoms with E-state index in [1.165, 1.54) is 5.56 Å². The molecule has 102 valence electrons. The summed E-state index contributed by atoms with van der Waals surface area (Å²) >= 11 is 0. The predicted octanol–water partition coefficient (Wildman–Crippen LogP) is 2.36. The van der Waals surface area contributed by atoms with E-state index in [0.29, 0.717) is 5.92 Å². The number of likely N-dealkylation sites (N-methyl/N-ethyl adjacent to an activating group) is 1. The SMILES string of the molecule is C[C@@H](CN(C)c1ccc2nncn2n1)c1ccccc1. The summed E-state index contributed by atoms with van der Waals surface area (Å²) in [5, 5.41) is 12.3. The van der Waals surface area contributed by atoms with Gasteiger partial charge in [0.25, 0.3) is 0 Å². The molecule has 0 saturated carbocycles. The van der Waals surface area contributed by atoms with Gasteiger partial charge in [0.15, 0.2) is 5.65 Å². The molecule has 3 aromatic rings. The van der Waals surface area contributed by atoms with Crippen LogP contribution in [0.3, 0.4) is 0 Å². The van der Waals surface area contributed by atoms with E-state index in [4.69, 9.17) is 0 Å². The first-order valence-corrected chi connectivity index (χ1v) is 6.67. The third-order valence-corrected chi connectivity index (χ3v) is 3.46. The van der Waals surface area contributed by atoms with E-state index in [1.807, 2.05) is 18.2 Å². The van der Waals surface area contributed by atoms with Crippen LogP contribution in [0.15, 0.2) is 48.8 Å². The van der Waals surface area contributed by atoms with Gasteiger partial charge in [-0.1, -0.05) is 37.3 Å². The molecule has 0 saturated heterocycles. The van der Waals surface area contributed by atoms with Gasteiger partial charge >= 0.3 is 0 Å². The summed E-state index contributed by atoms with van der Waals surface area (Å²) in [7, 11) is 2.05. The van der Waals surface area contributed by atoms with Gasteiger partial charge < -0.3 is 4.90 Å². The Bertz CT molecular complexity index is 692. The summed E-state index contributed by atoms with van der Waals surface area (Å²) in [5.41, 5.74) is 2.10. The fourth-order valence-electron chi connectivity index (χ4n) is 2.31. The zero-order valence-corrected chi connectivity index (χ0v) is 11.6. The van der Waals surface area contributed by atoms with Crippen LogP contribution in [0.1, 0.15) is 18.4 Å². The number of nitrogens with zero attached hydrogens (tertiary/aromatic N) is 5. The Morgan fingerprint density at radius 2 is 1.95 bits per heavy atom. The maximum atomic E-state index is 4.50. The Kier molecular flexibility index (Phi) is 3.33. The van der Waals surface area contributed by atoms with Gasteiger partial charge in [0.2, 0.25) is 0 Å². The van der Waals surface area contributed by atoms with Crippen molar-refractivity contribution < 1.29 is 0 Å². The van der Waals surface area contributed by atoms with Crippen molar-refractivity contribution in [2.75, 3.05) is 18.5 Å². The first-order valence-electron chi connectivity index (χ1n) is 6.67. The van der Waals surface area contributed by atoms with Crippen molar-refractivity contribution >= 4 is 11.5 Å². The first kappa shape index (κ1) is 12.6. The monoisotopic (exact) mass is 267 g/mol. The lowest BCUT2D eigenvalue weighted by atomic mass is 10.0. The van der Waals surface area contributed by atoms with Crippen LogP contribution >= 0.6 is 0 Å². The van der Waals surface area contributed by atoms with Crippen molar-refractivity contribution in [2.24, 2.45) is 0 Å². The standard InChI is InChI=1S/C15H17N5/c1-12(13-6-4-3-5-7-13)10-19(2)15-9-8-14-17-16-11-20(14)18-15/h3-9,11-12H,10H2,1-2H3/t12-/m0/s1. The zero-order valence-electron chi connectivity index (χ0n) is 11.6. The van der Waals surface area contributed by atoms with Crippen LogP contribution < -0.4 is 4.90 Å². The molecule has 1 atom stereocenters. The van der Waals surface area contributed by atoms with Gasteiger partial charge in [-0.05, 0) is 23.6 Å². The van der Waals surface area contributed by atoms with Gasteiger partial charge in [0, 0.05) is 13.6 Å². The third kappa shape index (κ3) is 2.47. The third-order valence-electron chi connectivity index (χ3n) is 3.46. The highest BCUT2D eigenvalue weighted by Gasteiger charge is 2.11. The van der Waals surface area contributed by atoms with Crippen molar-refractivity contribution in [3.8, 4) is 0 Å². The maximum Gasteiger partial charge on any atom is 0.177 e. The summed E-state index contributed by atoms with van der Waals surface area (Å²) in [6, 6.07) is 14.4. The predicted molar refractivity (Wildman–Crippen MR) is 78.9 cm³/mol. The first-order chi connectivity index (χ1) is 9.74. The van der Waals surface area contributed by atoms with E-state index in [1.54, 1.807) is 10.8 Å². The highest BCUT2D eigenvalue weighted by Crippen LogP contribution is 2.18. The van der Waals surface area contributed by atoms with Crippen LogP contribution in [0, 0.1) is 0 Å². The summed E-state index contributed by atoms with van der Waals surface area (Å²) < 4.78 is 1.69. The lowest BCUT2D eigenvalue weighted by molar-refractivity contribution is 0.718. The molecule has 0 spiro atoms. The quantitative estimate of drug-likeness (QED) is 0.728. The Hall–Kier alpha value is -2.43. The number of anilines is 1. The zero-order chi connectivity index (χ0) is 13.9. The molecule has 2 heterocycles. The minimum Gasteiger partial charge on any atom is -0.358 e. The molecule has 0 unspecified atom stereocenters. The molecular formula is C15H17N5. The summed E-state index contributed by atoms with van der Waals surface area (Å²) in [4.78, 5) is 2.15. The van der Waals surface area contributed by atoms with Crippen molar-refractivity contribution in [1.82, 2.24) is 19.8 Å². The van der Waals surface area contributed by atoms with Crippen molar-refractivity contribution in [3.63, 3.8) is 0 Å². The van der Waals surface area contributed by atoms with Gasteiger partial charge in [0.1, 0.15) is 12.1 Å². The number of hydrogen-bond acceptors (Lipinski definition) is 4. The highest BCUT2D eigenvalue weighted by atomic mass is 15.4. The summed E-state index contributed by atoms with van der Waals surface area (Å²) in [6.45, 7) is 3.13. The van der Waals surface area contributed by atoms with Crippen molar-refractivity contribution in [2.45, 2.75) is 12.8 Å². The molecule has 0 bridgehead atoms. The Labute approximate surface area is 117 Å². The van der Waals surface area contributed by atoms with Crippen LogP contribution in [0.5, 0.6) is 0 Å². The second-order valence-corrected chi connectivity index (χ2v) is 5.02. The van der Waals surface area contributed by atoms with Gasteiger partial charge in [-0.3, -0.25) is 0 Å². The summed E-state index contributed by atoms with van der Waals surface area (Å²) in [5.74, 6) is 1.36. The van der Waals surface area contributed by atoms with Crippen molar-refractivity contribution in [3.05, 3.63) is 54.4 Å². The largest absolute Gasteiger partial charge is 0.358 e. The molecule has 3 rings (SSSR count). The molecule has 1 aromatic carbocycles. The van der Waals surface area contributed by atoms with Crippen LogP contribution in [0.2, 0.25) is 0 Å². The average molecular weight is 267 g/mol. The minimum absolute atomic E-state index is 0.444. The van der Waals surface area contributed by atoms with Gasteiger partial charge in [-0.2, -0.15) is 4.52 Å². The molecule has 20 heavy (non-hydrogen) atoms. The van der Waals surface area contributed by atoms with E-state index in [2.05, 4.69) is 58.4 Å². The van der Waals surface area contributed by atoms with E-state index in [-0.39, 0.29) is 0 Å². The fraction of sp³-hybridized carbons (Fsp3) is 0.267. The van der Waals surface area contributed by atoms with Gasteiger partial charge in [-0.25, -0.2) is 0 Å². The molecule has 0 aliphatic heterocycles. The van der Waals surface area contributed by atoms with Gasteiger partial charge in [-0.15, -0.1) is 15.3 Å². The Balaban J connectivity index is 1.76. The minimum atomic E-state index is 0.444. The number of fused-ring (bicyclic) bond motifs is 1. The molecule has 0 fully saturated rings. The van der Waals surface area contributed by atoms with Crippen LogP contribution in [0.4, 0.5) is 5.82 Å². The van der Waals surface area contributed by atoms with E-state index >= 15 is 0 Å². The number of hydrogen-bond donors (Lipinski definition) is 0. The number of aromatic nitrogens is 4.